The van der Waals surface area contributed by atoms with Crippen LogP contribution in [-0.2, 0) is 14.4 Å². The fourth-order valence-electron chi connectivity index (χ4n) is 3.77. The molecule has 0 spiro atoms. The van der Waals surface area contributed by atoms with E-state index in [0.29, 0.717) is 11.4 Å². The molecule has 2 bridgehead atoms. The number of anilines is 2. The van der Waals surface area contributed by atoms with Crippen molar-refractivity contribution in [1.82, 2.24) is 0 Å². The van der Waals surface area contributed by atoms with E-state index in [1.54, 1.807) is 18.2 Å². The highest BCUT2D eigenvalue weighted by Crippen LogP contribution is 2.48. The van der Waals surface area contributed by atoms with Crippen molar-refractivity contribution in [1.29, 1.82) is 0 Å². The number of carbonyl (C=O) groups is 3. The molecule has 0 aliphatic heterocycles. The van der Waals surface area contributed by atoms with Crippen molar-refractivity contribution in [3.8, 4) is 0 Å². The van der Waals surface area contributed by atoms with Crippen LogP contribution < -0.4 is 10.6 Å². The average molecular weight is 328 g/mol. The Morgan fingerprint density at radius 1 is 1.08 bits per heavy atom. The van der Waals surface area contributed by atoms with Crippen LogP contribution in [0.25, 0.3) is 0 Å². The topological polar surface area (TPSA) is 95.5 Å². The van der Waals surface area contributed by atoms with Gasteiger partial charge in [-0.25, -0.2) is 0 Å². The summed E-state index contributed by atoms with van der Waals surface area (Å²) in [5.41, 5.74) is 2.06. The number of carbonyl (C=O) groups excluding carboxylic acids is 2. The van der Waals surface area contributed by atoms with Crippen molar-refractivity contribution in [3.05, 3.63) is 35.9 Å². The Hall–Kier alpha value is -2.63. The van der Waals surface area contributed by atoms with E-state index in [4.69, 9.17) is 0 Å². The fraction of sp³-hybridized carbons (Fsp3) is 0.389. The number of amides is 2. The number of aliphatic carboxylic acids is 1. The van der Waals surface area contributed by atoms with Gasteiger partial charge in [0, 0.05) is 18.3 Å². The molecule has 0 aromatic heterocycles. The average Bonchev–Trinajstić information content (AvgIpc) is 3.10. The second-order valence-electron chi connectivity index (χ2n) is 6.54. The maximum atomic E-state index is 12.6. The maximum absolute atomic E-state index is 12.6. The number of hydrogen-bond acceptors (Lipinski definition) is 3. The third kappa shape index (κ3) is 2.91. The number of allylic oxidation sites excluding steroid dienone is 2. The fourth-order valence-corrected chi connectivity index (χ4v) is 3.77. The molecule has 24 heavy (non-hydrogen) atoms. The van der Waals surface area contributed by atoms with Crippen molar-refractivity contribution in [2.75, 3.05) is 10.6 Å². The normalized spacial score (nSPS) is 27.1. The molecule has 1 saturated carbocycles. The molecule has 0 saturated heterocycles. The van der Waals surface area contributed by atoms with Crippen LogP contribution >= 0.6 is 0 Å². The number of carboxylic acid groups (broad SMARTS) is 1. The second-order valence-corrected chi connectivity index (χ2v) is 6.54. The zero-order chi connectivity index (χ0) is 17.4. The molecule has 1 aromatic rings. The predicted molar refractivity (Wildman–Crippen MR) is 89.5 cm³/mol. The Balaban J connectivity index is 1.79. The van der Waals surface area contributed by atoms with Gasteiger partial charge < -0.3 is 15.7 Å². The van der Waals surface area contributed by atoms with Crippen molar-refractivity contribution >= 4 is 29.2 Å². The first kappa shape index (κ1) is 16.2. The molecule has 2 amide bonds. The SMILES string of the molecule is CC(=O)Nc1cc(NC(=O)[C@@H]2[C@@H](C(=O)O)[C@H]3C=C[C@H]2C3)ccc1C. The van der Waals surface area contributed by atoms with Crippen molar-refractivity contribution < 1.29 is 19.5 Å². The molecule has 3 N–H and O–H groups in total. The van der Waals surface area contributed by atoms with E-state index in [9.17, 15) is 19.5 Å². The molecule has 2 aliphatic carbocycles. The Labute approximate surface area is 139 Å². The quantitative estimate of drug-likeness (QED) is 0.740. The molecule has 1 fully saturated rings. The minimum atomic E-state index is -0.921. The number of fused-ring (bicyclic) bond motifs is 2. The van der Waals surface area contributed by atoms with Crippen molar-refractivity contribution in [2.45, 2.75) is 20.3 Å². The van der Waals surface area contributed by atoms with E-state index in [-0.39, 0.29) is 23.7 Å². The third-order valence-corrected chi connectivity index (χ3v) is 4.86. The molecular weight excluding hydrogens is 308 g/mol. The first-order valence-corrected chi connectivity index (χ1v) is 7.97. The lowest BCUT2D eigenvalue weighted by Gasteiger charge is -2.24. The highest BCUT2D eigenvalue weighted by molar-refractivity contribution is 5.97. The van der Waals surface area contributed by atoms with Gasteiger partial charge in [-0.3, -0.25) is 14.4 Å². The number of carboxylic acids is 1. The Morgan fingerprint density at radius 2 is 1.75 bits per heavy atom. The molecule has 0 heterocycles. The number of hydrogen-bond donors (Lipinski definition) is 3. The van der Waals surface area contributed by atoms with Gasteiger partial charge in [-0.2, -0.15) is 0 Å². The largest absolute Gasteiger partial charge is 0.481 e. The van der Waals surface area contributed by atoms with Crippen molar-refractivity contribution in [3.63, 3.8) is 0 Å². The minimum Gasteiger partial charge on any atom is -0.481 e. The first-order chi connectivity index (χ1) is 11.4. The van der Waals surface area contributed by atoms with E-state index in [1.165, 1.54) is 6.92 Å². The number of benzene rings is 1. The summed E-state index contributed by atoms with van der Waals surface area (Å²) in [5, 5.41) is 15.0. The highest BCUT2D eigenvalue weighted by atomic mass is 16.4. The maximum Gasteiger partial charge on any atom is 0.307 e. The molecule has 3 rings (SSSR count). The number of rotatable bonds is 4. The summed E-state index contributed by atoms with van der Waals surface area (Å²) in [6.07, 6.45) is 4.58. The summed E-state index contributed by atoms with van der Waals surface area (Å²) >= 11 is 0. The molecule has 4 atom stereocenters. The van der Waals surface area contributed by atoms with Gasteiger partial charge in [-0.1, -0.05) is 18.2 Å². The van der Waals surface area contributed by atoms with E-state index >= 15 is 0 Å². The summed E-state index contributed by atoms with van der Waals surface area (Å²) in [6, 6.07) is 5.24. The summed E-state index contributed by atoms with van der Waals surface area (Å²) in [6.45, 7) is 3.28. The third-order valence-electron chi connectivity index (χ3n) is 4.86. The molecule has 126 valence electrons. The lowest BCUT2D eigenvalue weighted by Crippen LogP contribution is -2.36. The predicted octanol–water partition coefficient (Wildman–Crippen LogP) is 2.41. The van der Waals surface area contributed by atoms with Gasteiger partial charge in [0.2, 0.25) is 11.8 Å². The summed E-state index contributed by atoms with van der Waals surface area (Å²) in [5.74, 6) is -2.69. The lowest BCUT2D eigenvalue weighted by atomic mass is 9.82. The van der Waals surface area contributed by atoms with Crippen LogP contribution in [0.5, 0.6) is 0 Å². The van der Waals surface area contributed by atoms with Gasteiger partial charge >= 0.3 is 5.97 Å². The van der Waals surface area contributed by atoms with Crippen LogP contribution in [0.1, 0.15) is 18.9 Å². The van der Waals surface area contributed by atoms with Crippen LogP contribution in [0.15, 0.2) is 30.4 Å². The van der Waals surface area contributed by atoms with E-state index in [1.807, 2.05) is 19.1 Å². The summed E-state index contributed by atoms with van der Waals surface area (Å²) in [7, 11) is 0. The second kappa shape index (κ2) is 6.11. The van der Waals surface area contributed by atoms with Crippen LogP contribution in [-0.4, -0.2) is 22.9 Å². The van der Waals surface area contributed by atoms with Crippen LogP contribution in [0.3, 0.4) is 0 Å². The molecule has 6 heteroatoms. The van der Waals surface area contributed by atoms with Gasteiger partial charge in [0.05, 0.1) is 11.8 Å². The molecule has 0 unspecified atom stereocenters. The number of aryl methyl sites for hydroxylation is 1. The molecular formula is C18H20N2O4. The minimum absolute atomic E-state index is 0.0173. The number of nitrogens with one attached hydrogen (secondary N) is 2. The van der Waals surface area contributed by atoms with Gasteiger partial charge in [-0.05, 0) is 42.9 Å². The highest BCUT2D eigenvalue weighted by Gasteiger charge is 2.51. The van der Waals surface area contributed by atoms with Gasteiger partial charge in [-0.15, -0.1) is 0 Å². The smallest absolute Gasteiger partial charge is 0.307 e. The van der Waals surface area contributed by atoms with E-state index < -0.39 is 17.8 Å². The van der Waals surface area contributed by atoms with E-state index in [0.717, 1.165) is 12.0 Å². The molecule has 6 nitrogen and oxygen atoms in total. The zero-order valence-corrected chi connectivity index (χ0v) is 13.6. The standard InChI is InChI=1S/C18H20N2O4/c1-9-3-6-13(8-14(9)19-10(2)21)20-17(22)15-11-4-5-12(7-11)16(15)18(23)24/h3-6,8,11-12,15-16H,7H2,1-2H3,(H,19,21)(H,20,22)(H,23,24)/t11-,12-,15-,16-/m0/s1. The van der Waals surface area contributed by atoms with Crippen LogP contribution in [0.2, 0.25) is 0 Å². The molecule has 2 aliphatic rings. The van der Waals surface area contributed by atoms with Gasteiger partial charge in [0.15, 0.2) is 0 Å². The van der Waals surface area contributed by atoms with Gasteiger partial charge in [0.25, 0.3) is 0 Å². The van der Waals surface area contributed by atoms with Crippen LogP contribution in [0, 0.1) is 30.6 Å². The summed E-state index contributed by atoms with van der Waals surface area (Å²) < 4.78 is 0. The summed E-state index contributed by atoms with van der Waals surface area (Å²) in [4.78, 5) is 35.4. The van der Waals surface area contributed by atoms with Crippen LogP contribution in [0.4, 0.5) is 11.4 Å². The Morgan fingerprint density at radius 3 is 2.38 bits per heavy atom. The zero-order valence-electron chi connectivity index (χ0n) is 13.6. The Kier molecular flexibility index (Phi) is 4.13. The monoisotopic (exact) mass is 328 g/mol. The first-order valence-electron chi connectivity index (χ1n) is 7.97. The lowest BCUT2D eigenvalue weighted by molar-refractivity contribution is -0.146. The van der Waals surface area contributed by atoms with Crippen molar-refractivity contribution in [2.24, 2.45) is 23.7 Å². The van der Waals surface area contributed by atoms with E-state index in [2.05, 4.69) is 10.6 Å². The molecule has 1 aromatic carbocycles. The van der Waals surface area contributed by atoms with Gasteiger partial charge in [0.1, 0.15) is 0 Å². The Bertz CT molecular complexity index is 741. The molecule has 0 radical (unpaired) electrons.